The molecule has 1 aromatic heterocycles. The van der Waals surface area contributed by atoms with Gasteiger partial charge in [-0.2, -0.15) is 0 Å². The summed E-state index contributed by atoms with van der Waals surface area (Å²) in [6.45, 7) is 5.31. The first-order valence-electron chi connectivity index (χ1n) is 11.4. The summed E-state index contributed by atoms with van der Waals surface area (Å²) < 4.78 is 5.81. The van der Waals surface area contributed by atoms with Crippen molar-refractivity contribution in [3.8, 4) is 11.3 Å². The first kappa shape index (κ1) is 24.0. The van der Waals surface area contributed by atoms with E-state index in [1.165, 1.54) is 31.0 Å². The highest BCUT2D eigenvalue weighted by molar-refractivity contribution is 7.80. The SMILES string of the molecule is Cc1ccc(-c2ccc(/C=C/C(=O)NC(=S)Nc3ccc(N4CCCC[C@@H]4C)cc3)o2)cc1Cl. The van der Waals surface area contributed by atoms with Gasteiger partial charge in [0.1, 0.15) is 11.5 Å². The lowest BCUT2D eigenvalue weighted by Gasteiger charge is -2.35. The van der Waals surface area contributed by atoms with Crippen LogP contribution in [-0.4, -0.2) is 23.6 Å². The van der Waals surface area contributed by atoms with Crippen LogP contribution in [0, 0.1) is 6.92 Å². The maximum absolute atomic E-state index is 12.3. The maximum Gasteiger partial charge on any atom is 0.250 e. The minimum atomic E-state index is -0.340. The Hall–Kier alpha value is -3.09. The van der Waals surface area contributed by atoms with Crippen molar-refractivity contribution in [2.24, 2.45) is 0 Å². The number of anilines is 2. The van der Waals surface area contributed by atoms with Gasteiger partial charge >= 0.3 is 0 Å². The number of nitrogens with zero attached hydrogens (tertiary/aromatic N) is 1. The van der Waals surface area contributed by atoms with Crippen molar-refractivity contribution < 1.29 is 9.21 Å². The standard InChI is InChI=1S/C27H28ClN3O2S/c1-18-6-7-20(17-24(18)28)25-14-12-23(33-25)13-15-26(32)30-27(34)29-21-8-10-22(11-9-21)31-16-4-3-5-19(31)2/h6-15,17,19H,3-5,16H2,1-2H3,(H2,29,30,32,34)/b15-13+/t19-/m0/s1. The van der Waals surface area contributed by atoms with E-state index < -0.39 is 0 Å². The highest BCUT2D eigenvalue weighted by Crippen LogP contribution is 2.28. The molecule has 2 aromatic carbocycles. The quantitative estimate of drug-likeness (QED) is 0.302. The molecule has 0 radical (unpaired) electrons. The number of halogens is 1. The molecule has 1 saturated heterocycles. The van der Waals surface area contributed by atoms with E-state index >= 15 is 0 Å². The van der Waals surface area contributed by atoms with Crippen LogP contribution in [0.25, 0.3) is 17.4 Å². The fourth-order valence-corrected chi connectivity index (χ4v) is 4.43. The number of carbonyl (C=O) groups is 1. The molecular formula is C27H28ClN3O2S. The molecule has 34 heavy (non-hydrogen) atoms. The van der Waals surface area contributed by atoms with E-state index in [0.29, 0.717) is 22.6 Å². The molecule has 0 saturated carbocycles. The number of amides is 1. The third-order valence-electron chi connectivity index (χ3n) is 5.98. The molecule has 1 fully saturated rings. The fourth-order valence-electron chi connectivity index (χ4n) is 4.04. The van der Waals surface area contributed by atoms with Gasteiger partial charge in [0, 0.05) is 40.6 Å². The summed E-state index contributed by atoms with van der Waals surface area (Å²) >= 11 is 11.5. The van der Waals surface area contributed by atoms with Crippen molar-refractivity contribution in [3.63, 3.8) is 0 Å². The number of carbonyl (C=O) groups excluding carboxylic acids is 1. The summed E-state index contributed by atoms with van der Waals surface area (Å²) in [6, 6.07) is 18.1. The Kier molecular flexibility index (Phi) is 7.70. The van der Waals surface area contributed by atoms with Gasteiger partial charge in [-0.3, -0.25) is 10.1 Å². The van der Waals surface area contributed by atoms with Gasteiger partial charge in [-0.15, -0.1) is 0 Å². The number of hydrogen-bond donors (Lipinski definition) is 2. The average Bonchev–Trinajstić information content (AvgIpc) is 3.29. The highest BCUT2D eigenvalue weighted by atomic mass is 35.5. The van der Waals surface area contributed by atoms with Crippen LogP contribution in [-0.2, 0) is 4.79 Å². The van der Waals surface area contributed by atoms with E-state index in [-0.39, 0.29) is 11.0 Å². The molecule has 4 rings (SSSR count). The summed E-state index contributed by atoms with van der Waals surface area (Å²) in [5.74, 6) is 0.900. The van der Waals surface area contributed by atoms with Gasteiger partial charge in [0.25, 0.3) is 0 Å². The predicted octanol–water partition coefficient (Wildman–Crippen LogP) is 6.81. The smallest absolute Gasteiger partial charge is 0.250 e. The summed E-state index contributed by atoms with van der Waals surface area (Å²) in [7, 11) is 0. The molecule has 0 bridgehead atoms. The van der Waals surface area contributed by atoms with Gasteiger partial charge in [-0.05, 0) is 99.4 Å². The van der Waals surface area contributed by atoms with E-state index in [2.05, 4.69) is 34.6 Å². The Morgan fingerprint density at radius 3 is 2.68 bits per heavy atom. The molecule has 0 spiro atoms. The van der Waals surface area contributed by atoms with Crippen LogP contribution in [0.1, 0.15) is 37.5 Å². The number of benzene rings is 2. The molecule has 7 heteroatoms. The highest BCUT2D eigenvalue weighted by Gasteiger charge is 2.18. The van der Waals surface area contributed by atoms with Gasteiger partial charge in [-0.25, -0.2) is 0 Å². The number of piperidine rings is 1. The van der Waals surface area contributed by atoms with Crippen molar-refractivity contribution in [1.29, 1.82) is 0 Å². The van der Waals surface area contributed by atoms with Crippen LogP contribution < -0.4 is 15.5 Å². The molecule has 5 nitrogen and oxygen atoms in total. The molecule has 2 N–H and O–H groups in total. The van der Waals surface area contributed by atoms with Crippen molar-refractivity contribution in [1.82, 2.24) is 5.32 Å². The van der Waals surface area contributed by atoms with Crippen molar-refractivity contribution >= 4 is 52.3 Å². The molecule has 1 atom stereocenters. The average molecular weight is 494 g/mol. The van der Waals surface area contributed by atoms with Crippen molar-refractivity contribution in [2.75, 3.05) is 16.8 Å². The first-order chi connectivity index (χ1) is 16.4. The zero-order chi connectivity index (χ0) is 24.1. The Bertz CT molecular complexity index is 1200. The summed E-state index contributed by atoms with van der Waals surface area (Å²) in [5, 5.41) is 6.64. The Labute approximate surface area is 210 Å². The van der Waals surface area contributed by atoms with Gasteiger partial charge in [0.05, 0.1) is 0 Å². The van der Waals surface area contributed by atoms with Crippen molar-refractivity contribution in [2.45, 2.75) is 39.2 Å². The molecule has 3 aromatic rings. The minimum absolute atomic E-state index is 0.239. The fraction of sp³-hybridized carbons (Fsp3) is 0.259. The second-order valence-corrected chi connectivity index (χ2v) is 9.34. The Morgan fingerprint density at radius 1 is 1.15 bits per heavy atom. The van der Waals surface area contributed by atoms with Crippen LogP contribution in [0.5, 0.6) is 0 Å². The van der Waals surface area contributed by atoms with Crippen LogP contribution >= 0.6 is 23.8 Å². The van der Waals surface area contributed by atoms with Crippen LogP contribution in [0.15, 0.2) is 65.1 Å². The predicted molar refractivity (Wildman–Crippen MR) is 144 cm³/mol. The molecule has 1 amide bonds. The van der Waals surface area contributed by atoms with E-state index in [1.807, 2.05) is 43.3 Å². The Morgan fingerprint density at radius 2 is 1.94 bits per heavy atom. The van der Waals surface area contributed by atoms with Gasteiger partial charge in [0.15, 0.2) is 5.11 Å². The molecule has 0 aliphatic carbocycles. The van der Waals surface area contributed by atoms with E-state index in [4.69, 9.17) is 28.2 Å². The number of hydrogen-bond acceptors (Lipinski definition) is 4. The summed E-state index contributed by atoms with van der Waals surface area (Å²) in [4.78, 5) is 14.7. The van der Waals surface area contributed by atoms with E-state index in [0.717, 1.165) is 23.4 Å². The van der Waals surface area contributed by atoms with Gasteiger partial charge in [-0.1, -0.05) is 23.7 Å². The summed E-state index contributed by atoms with van der Waals surface area (Å²) in [6.07, 6.45) is 6.74. The minimum Gasteiger partial charge on any atom is -0.457 e. The van der Waals surface area contributed by atoms with E-state index in [9.17, 15) is 4.79 Å². The number of aryl methyl sites for hydroxylation is 1. The molecule has 1 aliphatic heterocycles. The number of rotatable bonds is 5. The largest absolute Gasteiger partial charge is 0.457 e. The van der Waals surface area contributed by atoms with Gasteiger partial charge in [0.2, 0.25) is 5.91 Å². The first-order valence-corrected chi connectivity index (χ1v) is 12.2. The number of furan rings is 1. The van der Waals surface area contributed by atoms with E-state index in [1.54, 1.807) is 12.1 Å². The molecule has 2 heterocycles. The molecule has 176 valence electrons. The van der Waals surface area contributed by atoms with Crippen LogP contribution in [0.3, 0.4) is 0 Å². The van der Waals surface area contributed by atoms with Crippen LogP contribution in [0.2, 0.25) is 5.02 Å². The third kappa shape index (κ3) is 6.07. The van der Waals surface area contributed by atoms with Crippen molar-refractivity contribution in [3.05, 3.63) is 77.0 Å². The lowest BCUT2D eigenvalue weighted by molar-refractivity contribution is -0.115. The lowest BCUT2D eigenvalue weighted by atomic mass is 10.0. The normalized spacial score (nSPS) is 16.0. The molecular weight excluding hydrogens is 466 g/mol. The second-order valence-electron chi connectivity index (χ2n) is 8.53. The molecule has 1 aliphatic rings. The monoisotopic (exact) mass is 493 g/mol. The third-order valence-corrected chi connectivity index (χ3v) is 6.59. The number of thiocarbonyl (C=S) groups is 1. The topological polar surface area (TPSA) is 57.5 Å². The summed E-state index contributed by atoms with van der Waals surface area (Å²) in [5.41, 5.74) is 3.92. The Balaban J connectivity index is 1.29. The maximum atomic E-state index is 12.3. The number of nitrogens with one attached hydrogen (secondary N) is 2. The lowest BCUT2D eigenvalue weighted by Crippen LogP contribution is -2.37. The van der Waals surface area contributed by atoms with Crippen LogP contribution in [0.4, 0.5) is 11.4 Å². The second kappa shape index (κ2) is 10.9. The zero-order valence-electron chi connectivity index (χ0n) is 19.3. The van der Waals surface area contributed by atoms with Gasteiger partial charge < -0.3 is 14.6 Å². The molecule has 0 unspecified atom stereocenters. The zero-order valence-corrected chi connectivity index (χ0v) is 20.9.